The van der Waals surface area contributed by atoms with E-state index in [4.69, 9.17) is 9.47 Å². The normalized spacial score (nSPS) is 12.2. The van der Waals surface area contributed by atoms with Crippen molar-refractivity contribution in [2.45, 2.75) is 231 Å². The molecule has 0 aliphatic heterocycles. The molecule has 0 heterocycles. The summed E-state index contributed by atoms with van der Waals surface area (Å²) in [6.07, 6.45) is 45.3. The second-order valence-electron chi connectivity index (χ2n) is 15.2. The lowest BCUT2D eigenvalue weighted by Crippen LogP contribution is -2.23. The molecule has 0 bridgehead atoms. The van der Waals surface area contributed by atoms with E-state index in [9.17, 15) is 0 Å². The van der Waals surface area contributed by atoms with Crippen LogP contribution < -0.4 is 0 Å². The van der Waals surface area contributed by atoms with Crippen LogP contribution in [0.2, 0.25) is 0 Å². The molecule has 0 saturated carbocycles. The second-order valence-corrected chi connectivity index (χ2v) is 16.2. The van der Waals surface area contributed by atoms with E-state index in [1.165, 1.54) is 211 Å². The molecule has 1 aromatic rings. The SMILES string of the molecule is CCCCCCCCCCCCCCCCCCOCC(CSCc1ccccc1)OCCCCCCCCCCCCCCCCCC. The van der Waals surface area contributed by atoms with Gasteiger partial charge in [-0.3, -0.25) is 0 Å². The van der Waals surface area contributed by atoms with E-state index in [1.807, 2.05) is 11.8 Å². The lowest BCUT2D eigenvalue weighted by atomic mass is 10.0. The maximum atomic E-state index is 6.39. The third-order valence-electron chi connectivity index (χ3n) is 10.2. The fourth-order valence-electron chi connectivity index (χ4n) is 6.89. The number of thioether (sulfide) groups is 1. The molecule has 3 heteroatoms. The maximum absolute atomic E-state index is 6.39. The topological polar surface area (TPSA) is 18.5 Å². The molecular weight excluding hydrogens is 617 g/mol. The third-order valence-corrected chi connectivity index (χ3v) is 11.4. The molecule has 0 aliphatic carbocycles. The van der Waals surface area contributed by atoms with Crippen LogP contribution in [0.25, 0.3) is 0 Å². The van der Waals surface area contributed by atoms with Crippen LogP contribution >= 0.6 is 11.8 Å². The van der Waals surface area contributed by atoms with Crippen LogP contribution in [0.15, 0.2) is 30.3 Å². The van der Waals surface area contributed by atoms with Crippen molar-refractivity contribution >= 4 is 11.8 Å². The predicted octanol–water partition coefficient (Wildman–Crippen LogP) is 15.8. The van der Waals surface area contributed by atoms with Crippen LogP contribution in [-0.4, -0.2) is 31.7 Å². The van der Waals surface area contributed by atoms with E-state index in [-0.39, 0.29) is 6.10 Å². The molecule has 49 heavy (non-hydrogen) atoms. The summed E-state index contributed by atoms with van der Waals surface area (Å²) in [6.45, 7) is 7.13. The number of benzene rings is 1. The highest BCUT2D eigenvalue weighted by molar-refractivity contribution is 7.98. The highest BCUT2D eigenvalue weighted by Crippen LogP contribution is 2.17. The quantitative estimate of drug-likeness (QED) is 0.0633. The molecule has 0 spiro atoms. The van der Waals surface area contributed by atoms with E-state index < -0.39 is 0 Å². The fraction of sp³-hybridized carbons (Fsp3) is 0.870. The minimum Gasteiger partial charge on any atom is -0.379 e. The Labute approximate surface area is 312 Å². The van der Waals surface area contributed by atoms with Gasteiger partial charge in [-0.2, -0.15) is 11.8 Å². The molecule has 0 fully saturated rings. The van der Waals surface area contributed by atoms with Gasteiger partial charge in [-0.25, -0.2) is 0 Å². The summed E-state index contributed by atoms with van der Waals surface area (Å²) >= 11 is 1.99. The Morgan fingerprint density at radius 3 is 1.16 bits per heavy atom. The summed E-state index contributed by atoms with van der Waals surface area (Å²) in [7, 11) is 0. The number of ether oxygens (including phenoxy) is 2. The smallest absolute Gasteiger partial charge is 0.0898 e. The molecule has 1 atom stereocenters. The molecule has 0 saturated heterocycles. The molecular formula is C46H86O2S. The van der Waals surface area contributed by atoms with Crippen LogP contribution in [0.4, 0.5) is 0 Å². The molecule has 0 radical (unpaired) electrons. The van der Waals surface area contributed by atoms with Gasteiger partial charge in [0, 0.05) is 24.7 Å². The van der Waals surface area contributed by atoms with Crippen molar-refractivity contribution in [2.75, 3.05) is 25.6 Å². The van der Waals surface area contributed by atoms with E-state index >= 15 is 0 Å². The fourth-order valence-corrected chi connectivity index (χ4v) is 7.90. The highest BCUT2D eigenvalue weighted by atomic mass is 32.2. The van der Waals surface area contributed by atoms with Crippen LogP contribution in [-0.2, 0) is 15.2 Å². The van der Waals surface area contributed by atoms with Crippen LogP contribution in [0.1, 0.15) is 225 Å². The van der Waals surface area contributed by atoms with Gasteiger partial charge >= 0.3 is 0 Å². The largest absolute Gasteiger partial charge is 0.379 e. The Balaban J connectivity index is 2.00. The van der Waals surface area contributed by atoms with Crippen LogP contribution in [0.5, 0.6) is 0 Å². The zero-order valence-corrected chi connectivity index (χ0v) is 34.2. The van der Waals surface area contributed by atoms with Crippen molar-refractivity contribution in [1.29, 1.82) is 0 Å². The average molecular weight is 703 g/mol. The molecule has 0 N–H and O–H groups in total. The number of hydrogen-bond acceptors (Lipinski definition) is 3. The van der Waals surface area contributed by atoms with Gasteiger partial charge in [0.25, 0.3) is 0 Å². The van der Waals surface area contributed by atoms with Crippen molar-refractivity contribution in [1.82, 2.24) is 0 Å². The Hall–Kier alpha value is -0.510. The molecule has 0 aliphatic rings. The molecule has 1 aromatic carbocycles. The van der Waals surface area contributed by atoms with Gasteiger partial charge in [0.05, 0.1) is 12.7 Å². The predicted molar refractivity (Wildman–Crippen MR) is 222 cm³/mol. The third kappa shape index (κ3) is 35.7. The second kappa shape index (κ2) is 40.3. The van der Waals surface area contributed by atoms with Crippen LogP contribution in [0.3, 0.4) is 0 Å². The van der Waals surface area contributed by atoms with E-state index in [2.05, 4.69) is 44.2 Å². The number of hydrogen-bond donors (Lipinski definition) is 0. The van der Waals surface area contributed by atoms with E-state index in [0.29, 0.717) is 0 Å². The van der Waals surface area contributed by atoms with Crippen molar-refractivity contribution in [3.8, 4) is 0 Å². The van der Waals surface area contributed by atoms with Crippen molar-refractivity contribution in [3.63, 3.8) is 0 Å². The Bertz CT molecular complexity index is 725. The van der Waals surface area contributed by atoms with Gasteiger partial charge in [0.2, 0.25) is 0 Å². The lowest BCUT2D eigenvalue weighted by molar-refractivity contribution is -0.00622. The molecule has 1 unspecified atom stereocenters. The summed E-state index contributed by atoms with van der Waals surface area (Å²) in [5.74, 6) is 2.07. The minimum atomic E-state index is 0.214. The van der Waals surface area contributed by atoms with Gasteiger partial charge in [-0.1, -0.05) is 237 Å². The molecule has 1 rings (SSSR count). The first kappa shape index (κ1) is 46.5. The monoisotopic (exact) mass is 703 g/mol. The Kier molecular flexibility index (Phi) is 38.2. The van der Waals surface area contributed by atoms with Gasteiger partial charge < -0.3 is 9.47 Å². The maximum Gasteiger partial charge on any atom is 0.0898 e. The Morgan fingerprint density at radius 2 is 0.776 bits per heavy atom. The minimum absolute atomic E-state index is 0.214. The summed E-state index contributed by atoms with van der Waals surface area (Å²) in [5, 5.41) is 0. The van der Waals surface area contributed by atoms with Gasteiger partial charge in [0.1, 0.15) is 0 Å². The van der Waals surface area contributed by atoms with E-state index in [1.54, 1.807) is 0 Å². The lowest BCUT2D eigenvalue weighted by Gasteiger charge is -2.18. The molecule has 0 aromatic heterocycles. The van der Waals surface area contributed by atoms with E-state index in [0.717, 1.165) is 31.3 Å². The van der Waals surface area contributed by atoms with Crippen molar-refractivity contribution in [2.24, 2.45) is 0 Å². The first-order valence-corrected chi connectivity index (χ1v) is 23.3. The van der Waals surface area contributed by atoms with Crippen molar-refractivity contribution in [3.05, 3.63) is 35.9 Å². The van der Waals surface area contributed by atoms with Crippen LogP contribution in [0, 0.1) is 0 Å². The van der Waals surface area contributed by atoms with Gasteiger partial charge in [-0.05, 0) is 18.4 Å². The number of rotatable bonds is 41. The first-order valence-electron chi connectivity index (χ1n) is 22.2. The summed E-state index contributed by atoms with van der Waals surface area (Å²) in [6, 6.07) is 10.8. The zero-order valence-electron chi connectivity index (χ0n) is 33.4. The average Bonchev–Trinajstić information content (AvgIpc) is 3.12. The van der Waals surface area contributed by atoms with Crippen molar-refractivity contribution < 1.29 is 9.47 Å². The molecule has 288 valence electrons. The summed E-state index contributed by atoms with van der Waals surface area (Å²) in [4.78, 5) is 0. The standard InChI is InChI=1S/C46H86O2S/c1-3-5-7-9-11-13-15-17-19-21-23-25-27-29-31-36-40-47-42-46(44-49-43-45-38-34-33-35-39-45)48-41-37-32-30-28-26-24-22-20-18-16-14-12-10-8-6-4-2/h33-35,38-39,46H,3-32,36-37,40-44H2,1-2H3. The summed E-state index contributed by atoms with van der Waals surface area (Å²) in [5.41, 5.74) is 1.40. The summed E-state index contributed by atoms with van der Waals surface area (Å²) < 4.78 is 12.5. The first-order chi connectivity index (χ1) is 24.4. The Morgan fingerprint density at radius 1 is 0.429 bits per heavy atom. The van der Waals surface area contributed by atoms with Gasteiger partial charge in [-0.15, -0.1) is 0 Å². The highest BCUT2D eigenvalue weighted by Gasteiger charge is 2.10. The molecule has 0 amide bonds. The van der Waals surface area contributed by atoms with Gasteiger partial charge in [0.15, 0.2) is 0 Å². The molecule has 2 nitrogen and oxygen atoms in total. The zero-order chi connectivity index (χ0) is 35.0. The number of unbranched alkanes of at least 4 members (excludes halogenated alkanes) is 30.